The van der Waals surface area contributed by atoms with Gasteiger partial charge in [0.05, 0.1) is 0 Å². The lowest BCUT2D eigenvalue weighted by molar-refractivity contribution is -0.138. The second-order valence-electron chi connectivity index (χ2n) is 7.83. The van der Waals surface area contributed by atoms with Gasteiger partial charge in [0, 0.05) is 56.6 Å². The van der Waals surface area contributed by atoms with Gasteiger partial charge in [0.1, 0.15) is 5.82 Å². The molecule has 0 radical (unpaired) electrons. The number of hydrogen-bond acceptors (Lipinski definition) is 4. The molecule has 5 heteroatoms. The third kappa shape index (κ3) is 3.57. The second kappa shape index (κ2) is 7.06. The Labute approximate surface area is 155 Å². The van der Waals surface area contributed by atoms with Crippen LogP contribution >= 0.6 is 0 Å². The van der Waals surface area contributed by atoms with Crippen LogP contribution in [0.25, 0.3) is 0 Å². The van der Waals surface area contributed by atoms with Crippen molar-refractivity contribution in [2.45, 2.75) is 39.2 Å². The van der Waals surface area contributed by atoms with Crippen LogP contribution in [0.1, 0.15) is 36.8 Å². The van der Waals surface area contributed by atoms with Crippen molar-refractivity contribution >= 4 is 11.7 Å². The predicted molar refractivity (Wildman–Crippen MR) is 102 cm³/mol. The van der Waals surface area contributed by atoms with Crippen molar-refractivity contribution in [3.05, 3.63) is 54.0 Å². The van der Waals surface area contributed by atoms with Crippen molar-refractivity contribution in [3.63, 3.8) is 0 Å². The summed E-state index contributed by atoms with van der Waals surface area (Å²) in [5.74, 6) is 1.33. The number of anilines is 1. The first-order valence-corrected chi connectivity index (χ1v) is 9.48. The number of aromatic nitrogens is 2. The number of nitrogens with zero attached hydrogens (tertiary/aromatic N) is 4. The summed E-state index contributed by atoms with van der Waals surface area (Å²) in [6, 6.07) is 8.23. The van der Waals surface area contributed by atoms with Crippen molar-refractivity contribution in [3.8, 4) is 0 Å². The van der Waals surface area contributed by atoms with Crippen LogP contribution in [0.2, 0.25) is 0 Å². The van der Waals surface area contributed by atoms with Gasteiger partial charge >= 0.3 is 0 Å². The summed E-state index contributed by atoms with van der Waals surface area (Å²) < 4.78 is 0. The molecule has 2 aromatic heterocycles. The van der Waals surface area contributed by atoms with Gasteiger partial charge in [0.2, 0.25) is 5.91 Å². The van der Waals surface area contributed by atoms with Gasteiger partial charge in [-0.1, -0.05) is 12.1 Å². The smallest absolute Gasteiger partial charge is 0.222 e. The number of piperidine rings is 2. The van der Waals surface area contributed by atoms with E-state index < -0.39 is 0 Å². The van der Waals surface area contributed by atoms with Gasteiger partial charge in [0.25, 0.3) is 0 Å². The lowest BCUT2D eigenvalue weighted by Gasteiger charge is -2.48. The van der Waals surface area contributed by atoms with Gasteiger partial charge in [-0.15, -0.1) is 0 Å². The molecule has 5 nitrogen and oxygen atoms in total. The van der Waals surface area contributed by atoms with E-state index in [1.165, 1.54) is 12.0 Å². The van der Waals surface area contributed by atoms with Crippen molar-refractivity contribution in [1.29, 1.82) is 0 Å². The molecule has 1 atom stereocenters. The molecule has 0 bridgehead atoms. The molecule has 1 amide bonds. The van der Waals surface area contributed by atoms with E-state index in [1.54, 1.807) is 6.20 Å². The van der Waals surface area contributed by atoms with Crippen LogP contribution in [-0.4, -0.2) is 40.4 Å². The molecule has 1 unspecified atom stereocenters. The van der Waals surface area contributed by atoms with E-state index in [9.17, 15) is 4.79 Å². The van der Waals surface area contributed by atoms with Crippen LogP contribution < -0.4 is 4.90 Å². The van der Waals surface area contributed by atoms with E-state index in [4.69, 9.17) is 0 Å². The number of likely N-dealkylation sites (tertiary alicyclic amines) is 1. The molecule has 4 rings (SSSR count). The fraction of sp³-hybridized carbons (Fsp3) is 0.476. The first-order valence-electron chi connectivity index (χ1n) is 9.48. The van der Waals surface area contributed by atoms with E-state index in [2.05, 4.69) is 33.9 Å². The molecule has 1 spiro atoms. The fourth-order valence-electron chi connectivity index (χ4n) is 4.34. The summed E-state index contributed by atoms with van der Waals surface area (Å²) in [5.41, 5.74) is 2.47. The molecule has 0 N–H and O–H groups in total. The summed E-state index contributed by atoms with van der Waals surface area (Å²) >= 11 is 0. The first-order chi connectivity index (χ1) is 12.6. The zero-order valence-corrected chi connectivity index (χ0v) is 15.4. The summed E-state index contributed by atoms with van der Waals surface area (Å²) in [4.78, 5) is 25.7. The number of rotatable bonds is 3. The highest BCUT2D eigenvalue weighted by atomic mass is 16.2. The van der Waals surface area contributed by atoms with Gasteiger partial charge in [-0.2, -0.15) is 0 Å². The average molecular weight is 350 g/mol. The highest BCUT2D eigenvalue weighted by Gasteiger charge is 2.41. The largest absolute Gasteiger partial charge is 0.356 e. The quantitative estimate of drug-likeness (QED) is 0.853. The third-order valence-corrected chi connectivity index (χ3v) is 5.73. The Morgan fingerprint density at radius 2 is 2.08 bits per heavy atom. The van der Waals surface area contributed by atoms with Gasteiger partial charge in [-0.25, -0.2) is 4.98 Å². The number of pyridine rings is 2. The Kier molecular flexibility index (Phi) is 4.62. The van der Waals surface area contributed by atoms with Crippen molar-refractivity contribution < 1.29 is 4.79 Å². The van der Waals surface area contributed by atoms with E-state index in [1.807, 2.05) is 29.4 Å². The molecule has 0 aromatic carbocycles. The number of amides is 1. The van der Waals surface area contributed by atoms with Gasteiger partial charge in [-0.3, -0.25) is 9.78 Å². The van der Waals surface area contributed by atoms with E-state index in [0.29, 0.717) is 13.0 Å². The van der Waals surface area contributed by atoms with Crippen LogP contribution in [0.4, 0.5) is 5.82 Å². The Balaban J connectivity index is 1.49. The molecule has 2 fully saturated rings. The minimum atomic E-state index is 0.181. The molecule has 2 aliphatic heterocycles. The molecular weight excluding hydrogens is 324 g/mol. The Morgan fingerprint density at radius 3 is 2.85 bits per heavy atom. The molecule has 0 aliphatic carbocycles. The van der Waals surface area contributed by atoms with Gasteiger partial charge in [-0.05, 0) is 49.4 Å². The minimum absolute atomic E-state index is 0.181. The summed E-state index contributed by atoms with van der Waals surface area (Å²) in [5, 5.41) is 0. The second-order valence-corrected chi connectivity index (χ2v) is 7.83. The van der Waals surface area contributed by atoms with Crippen molar-refractivity contribution in [2.24, 2.45) is 5.41 Å². The molecule has 136 valence electrons. The Bertz CT molecular complexity index is 761. The van der Waals surface area contributed by atoms with Gasteiger partial charge < -0.3 is 9.80 Å². The minimum Gasteiger partial charge on any atom is -0.356 e. The van der Waals surface area contributed by atoms with Crippen LogP contribution in [0.5, 0.6) is 0 Å². The maximum Gasteiger partial charge on any atom is 0.222 e. The monoisotopic (exact) mass is 350 g/mol. The highest BCUT2D eigenvalue weighted by molar-refractivity contribution is 5.77. The number of carbonyl (C=O) groups excluding carboxylic acids is 1. The molecular formula is C21H26N4O. The van der Waals surface area contributed by atoms with Crippen LogP contribution in [0, 0.1) is 12.3 Å². The SMILES string of the molecule is Cc1ccc(N2CCCC3(CCC(=O)N(Cc4cccnc4)C3)C2)nc1. The predicted octanol–water partition coefficient (Wildman–Crippen LogP) is 3.19. The van der Waals surface area contributed by atoms with Crippen LogP contribution in [0.3, 0.4) is 0 Å². The Morgan fingerprint density at radius 1 is 1.15 bits per heavy atom. The molecule has 0 saturated carbocycles. The lowest BCUT2D eigenvalue weighted by Crippen LogP contribution is -2.54. The Hall–Kier alpha value is -2.43. The third-order valence-electron chi connectivity index (χ3n) is 5.73. The topological polar surface area (TPSA) is 49.3 Å². The zero-order chi connectivity index (χ0) is 18.0. The zero-order valence-electron chi connectivity index (χ0n) is 15.4. The van der Waals surface area contributed by atoms with E-state index in [0.717, 1.165) is 43.9 Å². The fourth-order valence-corrected chi connectivity index (χ4v) is 4.34. The van der Waals surface area contributed by atoms with Crippen LogP contribution in [-0.2, 0) is 11.3 Å². The maximum absolute atomic E-state index is 12.5. The normalized spacial score (nSPS) is 23.5. The number of carbonyl (C=O) groups is 1. The van der Waals surface area contributed by atoms with E-state index in [-0.39, 0.29) is 11.3 Å². The molecule has 26 heavy (non-hydrogen) atoms. The maximum atomic E-state index is 12.5. The standard InChI is InChI=1S/C21H26N4O/c1-17-5-6-19(23-12-17)24-11-3-8-21(15-24)9-7-20(26)25(16-21)14-18-4-2-10-22-13-18/h2,4-6,10,12-13H,3,7-9,11,14-16H2,1H3. The van der Waals surface area contributed by atoms with Crippen molar-refractivity contribution in [2.75, 3.05) is 24.5 Å². The number of hydrogen-bond donors (Lipinski definition) is 0. The molecule has 2 aliphatic rings. The molecule has 4 heterocycles. The first kappa shape index (κ1) is 17.0. The van der Waals surface area contributed by atoms with Crippen LogP contribution in [0.15, 0.2) is 42.9 Å². The highest BCUT2D eigenvalue weighted by Crippen LogP contribution is 2.40. The molecule has 2 aromatic rings. The summed E-state index contributed by atoms with van der Waals surface area (Å²) in [7, 11) is 0. The average Bonchev–Trinajstić information content (AvgIpc) is 2.67. The summed E-state index contributed by atoms with van der Waals surface area (Å²) in [6.45, 7) is 5.60. The summed E-state index contributed by atoms with van der Waals surface area (Å²) in [6.07, 6.45) is 9.55. The van der Waals surface area contributed by atoms with Gasteiger partial charge in [0.15, 0.2) is 0 Å². The number of aryl methyl sites for hydroxylation is 1. The lowest BCUT2D eigenvalue weighted by atomic mass is 9.73. The molecule has 2 saturated heterocycles. The van der Waals surface area contributed by atoms with E-state index >= 15 is 0 Å². The van der Waals surface area contributed by atoms with Crippen molar-refractivity contribution in [1.82, 2.24) is 14.9 Å².